The normalized spacial score (nSPS) is 14.3. The average Bonchev–Trinajstić information content (AvgIpc) is 2.76. The highest BCUT2D eigenvalue weighted by molar-refractivity contribution is 5.94. The summed E-state index contributed by atoms with van der Waals surface area (Å²) >= 11 is 0. The number of aliphatic carboxylic acids is 1. The Morgan fingerprint density at radius 2 is 1.30 bits per heavy atom. The number of nitrogens with zero attached hydrogens (tertiary/aromatic N) is 1. The Kier molecular flexibility index (Phi) is 15.1. The molecule has 3 amide bonds. The number of carbonyl (C=O) groups is 4. The van der Waals surface area contributed by atoms with Crippen molar-refractivity contribution in [3.63, 3.8) is 0 Å². The predicted molar refractivity (Wildman–Crippen MR) is 118 cm³/mol. The van der Waals surface area contributed by atoms with E-state index in [1.54, 1.807) is 0 Å². The van der Waals surface area contributed by atoms with Crippen molar-refractivity contribution in [2.75, 3.05) is 26.3 Å². The summed E-state index contributed by atoms with van der Waals surface area (Å²) in [7, 11) is 0. The van der Waals surface area contributed by atoms with E-state index in [4.69, 9.17) is 22.9 Å². The second kappa shape index (κ2) is 16.6. The van der Waals surface area contributed by atoms with Crippen LogP contribution in [0.1, 0.15) is 32.1 Å². The monoisotopic (exact) mass is 476 g/mol. The third-order valence-corrected chi connectivity index (χ3v) is 4.50. The minimum Gasteiger partial charge on any atom is -0.480 e. The highest BCUT2D eigenvalue weighted by Crippen LogP contribution is 2.01. The third-order valence-electron chi connectivity index (χ3n) is 4.50. The minimum absolute atomic E-state index is 0.0126. The molecule has 0 heterocycles. The number of hydrogen-bond acceptors (Lipinski definition) is 9. The molecule has 4 atom stereocenters. The molecule has 15 nitrogen and oxygen atoms in total. The van der Waals surface area contributed by atoms with E-state index < -0.39 is 61.1 Å². The zero-order chi connectivity index (χ0) is 25.4. The average molecular weight is 477 g/mol. The molecule has 0 radical (unpaired) electrons. The second-order valence-electron chi connectivity index (χ2n) is 7.23. The number of nitrogens with one attached hydrogen (secondary N) is 3. The molecule has 0 aromatic heterocycles. The maximum atomic E-state index is 12.4. The maximum Gasteiger partial charge on any atom is 0.326 e. The van der Waals surface area contributed by atoms with E-state index in [1.807, 2.05) is 0 Å². The number of nitrogens with two attached hydrogens (primary N) is 4. The minimum atomic E-state index is -1.53. The van der Waals surface area contributed by atoms with Crippen molar-refractivity contribution in [3.8, 4) is 0 Å². The van der Waals surface area contributed by atoms with Gasteiger partial charge in [-0.05, 0) is 32.2 Å². The number of hydrogen-bond donors (Lipinski definition) is 10. The van der Waals surface area contributed by atoms with E-state index in [0.29, 0.717) is 25.8 Å². The van der Waals surface area contributed by atoms with Crippen molar-refractivity contribution < 1.29 is 34.5 Å². The van der Waals surface area contributed by atoms with Crippen LogP contribution in [-0.2, 0) is 19.2 Å². The summed E-state index contributed by atoms with van der Waals surface area (Å²) in [5, 5.41) is 34.8. The Balaban J connectivity index is 4.89. The summed E-state index contributed by atoms with van der Waals surface area (Å²) in [4.78, 5) is 51.9. The molecule has 0 bridgehead atoms. The fourth-order valence-electron chi connectivity index (χ4n) is 2.61. The molecule has 0 aromatic rings. The van der Waals surface area contributed by atoms with E-state index in [9.17, 15) is 34.5 Å². The molecule has 0 aromatic carbocycles. The number of aliphatic imine (C=N–C) groups is 1. The molecular weight excluding hydrogens is 440 g/mol. The Hall–Kier alpha value is -3.01. The van der Waals surface area contributed by atoms with Gasteiger partial charge in [-0.2, -0.15) is 0 Å². The molecule has 33 heavy (non-hydrogen) atoms. The summed E-state index contributed by atoms with van der Waals surface area (Å²) in [5.74, 6) is -4.11. The lowest BCUT2D eigenvalue weighted by Crippen LogP contribution is -2.59. The maximum absolute atomic E-state index is 12.4. The van der Waals surface area contributed by atoms with Gasteiger partial charge >= 0.3 is 5.97 Å². The highest BCUT2D eigenvalue weighted by Gasteiger charge is 2.29. The van der Waals surface area contributed by atoms with Crippen LogP contribution in [0.25, 0.3) is 0 Å². The Morgan fingerprint density at radius 1 is 0.788 bits per heavy atom. The molecule has 0 aliphatic rings. The van der Waals surface area contributed by atoms with Crippen LogP contribution in [0.2, 0.25) is 0 Å². The van der Waals surface area contributed by atoms with Crippen LogP contribution in [0.4, 0.5) is 0 Å². The lowest BCUT2D eigenvalue weighted by Gasteiger charge is -2.23. The van der Waals surface area contributed by atoms with E-state index in [0.717, 1.165) is 0 Å². The van der Waals surface area contributed by atoms with Gasteiger partial charge in [0.25, 0.3) is 0 Å². The van der Waals surface area contributed by atoms with Crippen molar-refractivity contribution in [1.82, 2.24) is 16.0 Å². The van der Waals surface area contributed by atoms with Gasteiger partial charge in [-0.15, -0.1) is 0 Å². The lowest BCUT2D eigenvalue weighted by molar-refractivity contribution is -0.142. The number of aliphatic hydroxyl groups is 2. The van der Waals surface area contributed by atoms with Crippen LogP contribution in [0.3, 0.4) is 0 Å². The predicted octanol–water partition coefficient (Wildman–Crippen LogP) is -4.98. The van der Waals surface area contributed by atoms with Gasteiger partial charge in [0.1, 0.15) is 18.1 Å². The summed E-state index contributed by atoms with van der Waals surface area (Å²) in [6, 6.07) is -5.21. The number of unbranched alkanes of at least 4 members (excludes halogenated alkanes) is 1. The smallest absolute Gasteiger partial charge is 0.326 e. The first-order valence-corrected chi connectivity index (χ1v) is 10.4. The Morgan fingerprint density at radius 3 is 1.76 bits per heavy atom. The van der Waals surface area contributed by atoms with Gasteiger partial charge in [0.2, 0.25) is 17.7 Å². The van der Waals surface area contributed by atoms with Gasteiger partial charge in [0, 0.05) is 6.54 Å². The number of guanidine groups is 1. The largest absolute Gasteiger partial charge is 0.480 e. The van der Waals surface area contributed by atoms with Crippen LogP contribution in [0, 0.1) is 0 Å². The molecule has 0 fully saturated rings. The van der Waals surface area contributed by atoms with Crippen molar-refractivity contribution in [1.29, 1.82) is 0 Å². The second-order valence-corrected chi connectivity index (χ2v) is 7.23. The van der Waals surface area contributed by atoms with E-state index in [-0.39, 0.29) is 25.3 Å². The standard InChI is InChI=1S/C18H36N8O7/c19-6-2-1-4-10(20)14(29)25-12(8-27)16(31)26-13(9-28)15(30)24-11(17(32)33)5-3-7-23-18(21)22/h10-13,27-28H,1-9,19-20H2,(H,24,30)(H,25,29)(H,26,31)(H,32,33)(H4,21,22,23). The first-order chi connectivity index (χ1) is 15.6. The molecule has 15 heteroatoms. The van der Waals surface area contributed by atoms with Crippen LogP contribution in [0.15, 0.2) is 4.99 Å². The van der Waals surface area contributed by atoms with Crippen LogP contribution in [0.5, 0.6) is 0 Å². The van der Waals surface area contributed by atoms with Gasteiger partial charge < -0.3 is 54.2 Å². The van der Waals surface area contributed by atoms with Crippen molar-refractivity contribution in [2.45, 2.75) is 56.3 Å². The van der Waals surface area contributed by atoms with Crippen LogP contribution < -0.4 is 38.9 Å². The first kappa shape index (κ1) is 30.0. The van der Waals surface area contributed by atoms with Gasteiger partial charge in [-0.3, -0.25) is 19.4 Å². The first-order valence-electron chi connectivity index (χ1n) is 10.4. The van der Waals surface area contributed by atoms with E-state index >= 15 is 0 Å². The molecule has 14 N–H and O–H groups in total. The molecule has 0 spiro atoms. The number of aliphatic hydroxyl groups excluding tert-OH is 2. The van der Waals surface area contributed by atoms with Crippen molar-refractivity contribution in [2.24, 2.45) is 27.9 Å². The quantitative estimate of drug-likeness (QED) is 0.0538. The summed E-state index contributed by atoms with van der Waals surface area (Å²) < 4.78 is 0. The van der Waals surface area contributed by atoms with Crippen molar-refractivity contribution >= 4 is 29.7 Å². The van der Waals surface area contributed by atoms with Gasteiger partial charge in [-0.25, -0.2) is 4.79 Å². The molecule has 0 aliphatic carbocycles. The van der Waals surface area contributed by atoms with Crippen molar-refractivity contribution in [3.05, 3.63) is 0 Å². The highest BCUT2D eigenvalue weighted by atomic mass is 16.4. The Labute approximate surface area is 191 Å². The number of carboxylic acids is 1. The van der Waals surface area contributed by atoms with Gasteiger partial charge in [0.05, 0.1) is 19.3 Å². The Bertz CT molecular complexity index is 672. The van der Waals surface area contributed by atoms with Crippen LogP contribution >= 0.6 is 0 Å². The third kappa shape index (κ3) is 12.6. The van der Waals surface area contributed by atoms with E-state index in [1.165, 1.54) is 0 Å². The summed E-state index contributed by atoms with van der Waals surface area (Å²) in [5.41, 5.74) is 21.5. The number of rotatable bonds is 17. The number of carbonyl (C=O) groups excluding carboxylic acids is 3. The zero-order valence-electron chi connectivity index (χ0n) is 18.4. The lowest BCUT2D eigenvalue weighted by atomic mass is 10.1. The zero-order valence-corrected chi connectivity index (χ0v) is 18.4. The van der Waals surface area contributed by atoms with Crippen LogP contribution in [-0.4, -0.2) is 95.4 Å². The molecule has 0 saturated heterocycles. The fraction of sp³-hybridized carbons (Fsp3) is 0.722. The van der Waals surface area contributed by atoms with Gasteiger partial charge in [-0.1, -0.05) is 6.42 Å². The molecular formula is C18H36N8O7. The number of carboxylic acid groups (broad SMARTS) is 1. The summed E-state index contributed by atoms with van der Waals surface area (Å²) in [6.45, 7) is -1.06. The molecule has 4 unspecified atom stereocenters. The fourth-order valence-corrected chi connectivity index (χ4v) is 2.61. The van der Waals surface area contributed by atoms with Gasteiger partial charge in [0.15, 0.2) is 5.96 Å². The summed E-state index contributed by atoms with van der Waals surface area (Å²) in [6.07, 6.45) is 1.83. The SMILES string of the molecule is NCCCCC(N)C(=O)NC(CO)C(=O)NC(CO)C(=O)NC(CCCN=C(N)N)C(=O)O. The molecule has 190 valence electrons. The molecule has 0 saturated carbocycles. The molecule has 0 aliphatic heterocycles. The number of amides is 3. The van der Waals surface area contributed by atoms with E-state index in [2.05, 4.69) is 20.9 Å². The molecule has 0 rings (SSSR count). The topological polar surface area (TPSA) is 282 Å².